The number of hydrogen-bond donors (Lipinski definition) is 4. The van der Waals surface area contributed by atoms with Crippen LogP contribution in [0.25, 0.3) is 0 Å². The van der Waals surface area contributed by atoms with Gasteiger partial charge in [0.05, 0.1) is 6.54 Å². The number of hydrogen-bond acceptors (Lipinski definition) is 3. The van der Waals surface area contributed by atoms with Gasteiger partial charge in [-0.25, -0.2) is 4.79 Å². The average molecular weight is 279 g/mol. The molecule has 0 fully saturated rings. The smallest absolute Gasteiger partial charge is 0.319 e. The molecule has 0 radical (unpaired) electrons. The molecule has 0 bridgehead atoms. The maximum Gasteiger partial charge on any atom is 0.319 e. The van der Waals surface area contributed by atoms with Gasteiger partial charge in [-0.1, -0.05) is 12.1 Å². The van der Waals surface area contributed by atoms with Gasteiger partial charge in [-0.2, -0.15) is 0 Å². The van der Waals surface area contributed by atoms with E-state index in [4.69, 9.17) is 5.11 Å². The van der Waals surface area contributed by atoms with Crippen LogP contribution in [0.4, 0.5) is 10.5 Å². The van der Waals surface area contributed by atoms with Gasteiger partial charge in [0.2, 0.25) is 5.91 Å². The molecule has 0 saturated carbocycles. The van der Waals surface area contributed by atoms with Crippen LogP contribution in [0.15, 0.2) is 24.3 Å². The minimum atomic E-state index is -0.869. The predicted molar refractivity (Wildman–Crippen MR) is 73.5 cm³/mol. The summed E-state index contributed by atoms with van der Waals surface area (Å²) in [6.45, 7) is -0.110. The number of carbonyl (C=O) groups excluding carboxylic acids is 2. The van der Waals surface area contributed by atoms with E-state index in [0.717, 1.165) is 5.56 Å². The number of carbonyl (C=O) groups is 3. The average Bonchev–Trinajstić information content (AvgIpc) is 2.43. The van der Waals surface area contributed by atoms with Crippen LogP contribution in [0, 0.1) is 0 Å². The Morgan fingerprint density at radius 3 is 2.65 bits per heavy atom. The summed E-state index contributed by atoms with van der Waals surface area (Å²) in [6, 6.07) is 6.40. The molecule has 3 amide bonds. The third-order valence-corrected chi connectivity index (χ3v) is 2.50. The van der Waals surface area contributed by atoms with Gasteiger partial charge < -0.3 is 21.1 Å². The second-order valence-electron chi connectivity index (χ2n) is 4.07. The highest BCUT2D eigenvalue weighted by Gasteiger charge is 2.05. The number of carboxylic acid groups (broad SMARTS) is 1. The lowest BCUT2D eigenvalue weighted by atomic mass is 10.1. The lowest BCUT2D eigenvalue weighted by molar-refractivity contribution is -0.137. The molecule has 0 spiro atoms. The van der Waals surface area contributed by atoms with Crippen molar-refractivity contribution >= 4 is 23.6 Å². The summed E-state index contributed by atoms with van der Waals surface area (Å²) in [5.74, 6) is -1.16. The number of likely N-dealkylation sites (N-methyl/N-ethyl adjacent to an activating group) is 1. The van der Waals surface area contributed by atoms with Crippen molar-refractivity contribution in [1.29, 1.82) is 0 Å². The number of nitrogens with one attached hydrogen (secondary N) is 3. The third-order valence-electron chi connectivity index (χ3n) is 2.50. The van der Waals surface area contributed by atoms with Gasteiger partial charge in [0, 0.05) is 19.2 Å². The molecule has 0 aliphatic rings. The largest absolute Gasteiger partial charge is 0.481 e. The van der Waals surface area contributed by atoms with Crippen molar-refractivity contribution in [3.63, 3.8) is 0 Å². The monoisotopic (exact) mass is 279 g/mol. The highest BCUT2D eigenvalue weighted by atomic mass is 16.4. The molecule has 1 aromatic carbocycles. The first-order chi connectivity index (χ1) is 9.51. The molecular weight excluding hydrogens is 262 g/mol. The van der Waals surface area contributed by atoms with Crippen LogP contribution in [-0.2, 0) is 16.0 Å². The summed E-state index contributed by atoms with van der Waals surface area (Å²) < 4.78 is 0. The minimum absolute atomic E-state index is 0.0340. The van der Waals surface area contributed by atoms with Crippen LogP contribution in [0.3, 0.4) is 0 Å². The number of carboxylic acids is 1. The van der Waals surface area contributed by atoms with Crippen molar-refractivity contribution < 1.29 is 19.5 Å². The lowest BCUT2D eigenvalue weighted by Crippen LogP contribution is -2.37. The maximum atomic E-state index is 11.5. The van der Waals surface area contributed by atoms with Crippen LogP contribution in [0.5, 0.6) is 0 Å². The number of urea groups is 1. The molecule has 0 aromatic heterocycles. The Bertz CT molecular complexity index is 502. The third kappa shape index (κ3) is 5.85. The van der Waals surface area contributed by atoms with Gasteiger partial charge in [-0.15, -0.1) is 0 Å². The highest BCUT2D eigenvalue weighted by molar-refractivity contribution is 5.92. The summed E-state index contributed by atoms with van der Waals surface area (Å²) in [6.07, 6.45) is 0.428. The van der Waals surface area contributed by atoms with E-state index in [0.29, 0.717) is 12.1 Å². The molecule has 7 nitrogen and oxygen atoms in total. The molecule has 1 aromatic rings. The Morgan fingerprint density at radius 1 is 1.25 bits per heavy atom. The Kier molecular flexibility index (Phi) is 6.02. The van der Waals surface area contributed by atoms with Gasteiger partial charge in [0.1, 0.15) is 0 Å². The van der Waals surface area contributed by atoms with E-state index in [-0.39, 0.29) is 18.9 Å². The fourth-order valence-corrected chi connectivity index (χ4v) is 1.48. The number of amides is 3. The number of anilines is 1. The molecule has 0 aliphatic heterocycles. The molecular formula is C13H17N3O4. The minimum Gasteiger partial charge on any atom is -0.481 e. The maximum absolute atomic E-state index is 11.5. The summed E-state index contributed by atoms with van der Waals surface area (Å²) in [5.41, 5.74) is 1.36. The van der Waals surface area contributed by atoms with Crippen LogP contribution in [-0.4, -0.2) is 36.6 Å². The van der Waals surface area contributed by atoms with E-state index in [1.165, 1.54) is 7.05 Å². The molecule has 0 heterocycles. The van der Waals surface area contributed by atoms with E-state index in [9.17, 15) is 14.4 Å². The van der Waals surface area contributed by atoms with E-state index in [1.807, 2.05) is 0 Å². The summed E-state index contributed by atoms with van der Waals surface area (Å²) in [5, 5.41) is 16.0. The first-order valence-corrected chi connectivity index (χ1v) is 6.07. The van der Waals surface area contributed by atoms with Crippen molar-refractivity contribution in [2.75, 3.05) is 18.9 Å². The van der Waals surface area contributed by atoms with Crippen molar-refractivity contribution in [2.24, 2.45) is 0 Å². The normalized spacial score (nSPS) is 9.65. The van der Waals surface area contributed by atoms with E-state index >= 15 is 0 Å². The Labute approximate surface area is 116 Å². The number of benzene rings is 1. The molecule has 108 valence electrons. The van der Waals surface area contributed by atoms with Crippen LogP contribution in [0.2, 0.25) is 0 Å². The number of rotatable bonds is 6. The van der Waals surface area contributed by atoms with E-state index in [1.54, 1.807) is 24.3 Å². The summed E-state index contributed by atoms with van der Waals surface area (Å²) in [7, 11) is 1.48. The molecule has 0 aliphatic carbocycles. The van der Waals surface area contributed by atoms with Gasteiger partial charge in [0.25, 0.3) is 0 Å². The Balaban J connectivity index is 2.50. The molecule has 0 saturated heterocycles. The van der Waals surface area contributed by atoms with Crippen molar-refractivity contribution in [3.05, 3.63) is 29.8 Å². The van der Waals surface area contributed by atoms with Gasteiger partial charge in [-0.3, -0.25) is 9.59 Å². The van der Waals surface area contributed by atoms with E-state index in [2.05, 4.69) is 16.0 Å². The number of aryl methyl sites for hydroxylation is 1. The number of aliphatic carboxylic acids is 1. The highest BCUT2D eigenvalue weighted by Crippen LogP contribution is 2.12. The van der Waals surface area contributed by atoms with Crippen molar-refractivity contribution in [3.8, 4) is 0 Å². The van der Waals surface area contributed by atoms with Crippen molar-refractivity contribution in [1.82, 2.24) is 10.6 Å². The molecule has 4 N–H and O–H groups in total. The zero-order valence-electron chi connectivity index (χ0n) is 11.1. The van der Waals surface area contributed by atoms with Crippen LogP contribution in [0.1, 0.15) is 12.0 Å². The zero-order chi connectivity index (χ0) is 15.0. The molecule has 0 atom stereocenters. The molecule has 1 rings (SSSR count). The predicted octanol–water partition coefficient (Wildman–Crippen LogP) is 0.571. The second-order valence-corrected chi connectivity index (χ2v) is 4.07. The first-order valence-electron chi connectivity index (χ1n) is 6.07. The fourth-order valence-electron chi connectivity index (χ4n) is 1.48. The first kappa shape index (κ1) is 15.5. The summed E-state index contributed by atoms with van der Waals surface area (Å²) >= 11 is 0. The summed E-state index contributed by atoms with van der Waals surface area (Å²) in [4.78, 5) is 33.0. The van der Waals surface area contributed by atoms with Crippen LogP contribution < -0.4 is 16.0 Å². The van der Waals surface area contributed by atoms with E-state index < -0.39 is 12.0 Å². The SMILES string of the molecule is CNC(=O)CNC(=O)Nc1cccc(CCC(=O)O)c1. The lowest BCUT2D eigenvalue weighted by Gasteiger charge is -2.08. The standard InChI is InChI=1S/C13H17N3O4/c1-14-11(17)8-15-13(20)16-10-4-2-3-9(7-10)5-6-12(18)19/h2-4,7H,5-6,8H2,1H3,(H,14,17)(H,18,19)(H2,15,16,20). The molecule has 20 heavy (non-hydrogen) atoms. The second kappa shape index (κ2) is 7.78. The molecule has 0 unspecified atom stereocenters. The quantitative estimate of drug-likeness (QED) is 0.610. The molecule has 7 heteroatoms. The Morgan fingerprint density at radius 2 is 2.00 bits per heavy atom. The topological polar surface area (TPSA) is 108 Å². The van der Waals surface area contributed by atoms with Gasteiger partial charge in [0.15, 0.2) is 0 Å². The Hall–Kier alpha value is -2.57. The van der Waals surface area contributed by atoms with Crippen LogP contribution >= 0.6 is 0 Å². The zero-order valence-corrected chi connectivity index (χ0v) is 11.1. The van der Waals surface area contributed by atoms with Gasteiger partial charge >= 0.3 is 12.0 Å². The van der Waals surface area contributed by atoms with Crippen molar-refractivity contribution in [2.45, 2.75) is 12.8 Å². The van der Waals surface area contributed by atoms with Gasteiger partial charge in [-0.05, 0) is 24.1 Å². The fraction of sp³-hybridized carbons (Fsp3) is 0.308.